The molecule has 2 rings (SSSR count). The molecule has 0 bridgehead atoms. The fraction of sp³-hybridized carbons (Fsp3) is 0.550. The molecule has 1 aromatic heterocycles. The summed E-state index contributed by atoms with van der Waals surface area (Å²) in [7, 11) is 3.82. The second-order valence-electron chi connectivity index (χ2n) is 6.71. The van der Waals surface area contributed by atoms with Crippen LogP contribution in [-0.2, 0) is 13.0 Å². The van der Waals surface area contributed by atoms with Gasteiger partial charge in [-0.2, -0.15) is 4.98 Å². The third-order valence-electron chi connectivity index (χ3n) is 4.08. The van der Waals surface area contributed by atoms with Crippen molar-refractivity contribution in [1.82, 2.24) is 20.4 Å². The molecule has 0 amide bonds. The van der Waals surface area contributed by atoms with Crippen LogP contribution in [-0.4, -0.2) is 48.2 Å². The quantitative estimate of drug-likeness (QED) is 0.413. The molecule has 27 heavy (non-hydrogen) atoms. The topological polar surface area (TPSA) is 75.8 Å². The molecule has 1 heterocycles. The normalized spacial score (nSPS) is 11.7. The lowest BCUT2D eigenvalue weighted by atomic mass is 10.2. The largest absolute Gasteiger partial charge is 0.494 e. The van der Waals surface area contributed by atoms with Gasteiger partial charge in [0.1, 0.15) is 5.75 Å². The molecule has 0 fully saturated rings. The van der Waals surface area contributed by atoms with Crippen LogP contribution >= 0.6 is 0 Å². The second-order valence-corrected chi connectivity index (χ2v) is 6.71. The van der Waals surface area contributed by atoms with Gasteiger partial charge in [0.15, 0.2) is 11.8 Å². The average Bonchev–Trinajstić information content (AvgIpc) is 3.13. The van der Waals surface area contributed by atoms with E-state index in [9.17, 15) is 0 Å². The van der Waals surface area contributed by atoms with Crippen LogP contribution in [0, 0.1) is 0 Å². The summed E-state index contributed by atoms with van der Waals surface area (Å²) in [5.74, 6) is 3.50. The van der Waals surface area contributed by atoms with Gasteiger partial charge in [0.2, 0.25) is 5.89 Å². The van der Waals surface area contributed by atoms with Crippen molar-refractivity contribution in [2.75, 3.05) is 27.2 Å². The molecule has 0 unspecified atom stereocenters. The Morgan fingerprint density at radius 3 is 2.63 bits per heavy atom. The third kappa shape index (κ3) is 6.58. The Hall–Kier alpha value is -2.57. The second kappa shape index (κ2) is 10.5. The molecule has 1 aromatic carbocycles. The number of nitrogens with zero attached hydrogens (tertiary/aromatic N) is 4. The molecule has 0 aliphatic carbocycles. The van der Waals surface area contributed by atoms with Crippen LogP contribution in [0.2, 0.25) is 0 Å². The fourth-order valence-electron chi connectivity index (χ4n) is 2.64. The SMILES string of the molecule is CCOc1ccc(CN(C)C(=NC)NCCCc2nc(C(C)C)no2)cc1. The summed E-state index contributed by atoms with van der Waals surface area (Å²) in [5, 5.41) is 7.37. The summed E-state index contributed by atoms with van der Waals surface area (Å²) < 4.78 is 10.8. The minimum atomic E-state index is 0.288. The first kappa shape index (κ1) is 20.7. The van der Waals surface area contributed by atoms with Gasteiger partial charge in [0.25, 0.3) is 0 Å². The lowest BCUT2D eigenvalue weighted by Crippen LogP contribution is -2.39. The van der Waals surface area contributed by atoms with Gasteiger partial charge in [-0.05, 0) is 31.0 Å². The maximum absolute atomic E-state index is 5.48. The molecule has 148 valence electrons. The van der Waals surface area contributed by atoms with Crippen molar-refractivity contribution in [3.05, 3.63) is 41.5 Å². The van der Waals surface area contributed by atoms with Crippen LogP contribution in [0.15, 0.2) is 33.8 Å². The van der Waals surface area contributed by atoms with E-state index in [1.807, 2.05) is 26.1 Å². The minimum absolute atomic E-state index is 0.288. The van der Waals surface area contributed by atoms with E-state index in [-0.39, 0.29) is 5.92 Å². The predicted octanol–water partition coefficient (Wildman–Crippen LogP) is 3.23. The first-order valence-corrected chi connectivity index (χ1v) is 9.49. The number of hydrogen-bond donors (Lipinski definition) is 1. The molecule has 1 N–H and O–H groups in total. The summed E-state index contributed by atoms with van der Waals surface area (Å²) in [6.07, 6.45) is 1.65. The number of aromatic nitrogens is 2. The van der Waals surface area contributed by atoms with Gasteiger partial charge in [-0.25, -0.2) is 0 Å². The predicted molar refractivity (Wildman–Crippen MR) is 107 cm³/mol. The Morgan fingerprint density at radius 1 is 1.30 bits per heavy atom. The number of ether oxygens (including phenoxy) is 1. The number of rotatable bonds is 9. The van der Waals surface area contributed by atoms with E-state index in [0.29, 0.717) is 12.5 Å². The van der Waals surface area contributed by atoms with Gasteiger partial charge in [0, 0.05) is 39.5 Å². The number of benzene rings is 1. The van der Waals surface area contributed by atoms with Crippen LogP contribution in [0.4, 0.5) is 0 Å². The number of guanidine groups is 1. The molecule has 7 heteroatoms. The average molecular weight is 374 g/mol. The van der Waals surface area contributed by atoms with Gasteiger partial charge < -0.3 is 19.5 Å². The Bertz CT molecular complexity index is 709. The maximum atomic E-state index is 5.48. The summed E-state index contributed by atoms with van der Waals surface area (Å²) in [4.78, 5) is 10.9. The van der Waals surface area contributed by atoms with Crippen molar-refractivity contribution in [1.29, 1.82) is 0 Å². The van der Waals surface area contributed by atoms with Crippen LogP contribution in [0.3, 0.4) is 0 Å². The molecule has 0 aliphatic rings. The van der Waals surface area contributed by atoms with E-state index in [2.05, 4.69) is 51.3 Å². The van der Waals surface area contributed by atoms with Crippen molar-refractivity contribution < 1.29 is 9.26 Å². The lowest BCUT2D eigenvalue weighted by molar-refractivity contribution is 0.340. The zero-order valence-electron chi connectivity index (χ0n) is 17.0. The van der Waals surface area contributed by atoms with E-state index in [4.69, 9.17) is 9.26 Å². The number of hydrogen-bond acceptors (Lipinski definition) is 5. The zero-order chi connectivity index (χ0) is 19.6. The summed E-state index contributed by atoms with van der Waals surface area (Å²) >= 11 is 0. The summed E-state index contributed by atoms with van der Waals surface area (Å²) in [6.45, 7) is 8.34. The van der Waals surface area contributed by atoms with Crippen molar-refractivity contribution in [3.63, 3.8) is 0 Å². The van der Waals surface area contributed by atoms with Crippen molar-refractivity contribution in [2.45, 2.75) is 46.1 Å². The summed E-state index contributed by atoms with van der Waals surface area (Å²) in [6, 6.07) is 8.16. The number of aliphatic imine (C=N–C) groups is 1. The van der Waals surface area contributed by atoms with Crippen LogP contribution in [0.25, 0.3) is 0 Å². The van der Waals surface area contributed by atoms with Gasteiger partial charge in [-0.1, -0.05) is 31.1 Å². The minimum Gasteiger partial charge on any atom is -0.494 e. The standard InChI is InChI=1S/C20H31N5O2/c1-6-26-17-11-9-16(10-12-17)14-25(5)20(21-4)22-13-7-8-18-23-19(15(2)3)24-27-18/h9-12,15H,6-8,13-14H2,1-5H3,(H,21,22). The van der Waals surface area contributed by atoms with Crippen LogP contribution in [0.1, 0.15) is 50.4 Å². The molecule has 2 aromatic rings. The number of aryl methyl sites for hydroxylation is 1. The highest BCUT2D eigenvalue weighted by molar-refractivity contribution is 5.79. The van der Waals surface area contributed by atoms with Gasteiger partial charge in [-0.15, -0.1) is 0 Å². The highest BCUT2D eigenvalue weighted by Crippen LogP contribution is 2.13. The molecular weight excluding hydrogens is 342 g/mol. The smallest absolute Gasteiger partial charge is 0.226 e. The highest BCUT2D eigenvalue weighted by Gasteiger charge is 2.10. The summed E-state index contributed by atoms with van der Waals surface area (Å²) in [5.41, 5.74) is 1.20. The van der Waals surface area contributed by atoms with Gasteiger partial charge in [-0.3, -0.25) is 4.99 Å². The Kier molecular flexibility index (Phi) is 8.10. The molecule has 0 radical (unpaired) electrons. The van der Waals surface area contributed by atoms with Crippen molar-refractivity contribution in [3.8, 4) is 5.75 Å². The monoisotopic (exact) mass is 373 g/mol. The lowest BCUT2D eigenvalue weighted by Gasteiger charge is -2.22. The molecular formula is C20H31N5O2. The van der Waals surface area contributed by atoms with Crippen molar-refractivity contribution in [2.24, 2.45) is 4.99 Å². The first-order valence-electron chi connectivity index (χ1n) is 9.49. The Morgan fingerprint density at radius 2 is 2.04 bits per heavy atom. The van der Waals surface area contributed by atoms with Crippen LogP contribution < -0.4 is 10.1 Å². The fourth-order valence-corrected chi connectivity index (χ4v) is 2.64. The maximum Gasteiger partial charge on any atom is 0.226 e. The molecule has 0 aliphatic heterocycles. The van der Waals surface area contributed by atoms with Gasteiger partial charge >= 0.3 is 0 Å². The number of nitrogens with one attached hydrogen (secondary N) is 1. The van der Waals surface area contributed by atoms with E-state index >= 15 is 0 Å². The van der Waals surface area contributed by atoms with E-state index < -0.39 is 0 Å². The van der Waals surface area contributed by atoms with Crippen LogP contribution in [0.5, 0.6) is 5.75 Å². The molecule has 0 atom stereocenters. The molecule has 7 nitrogen and oxygen atoms in total. The van der Waals surface area contributed by atoms with Crippen molar-refractivity contribution >= 4 is 5.96 Å². The molecule has 0 saturated carbocycles. The van der Waals surface area contributed by atoms with E-state index in [0.717, 1.165) is 43.5 Å². The Labute approximate surface area is 161 Å². The van der Waals surface area contributed by atoms with E-state index in [1.54, 1.807) is 7.05 Å². The van der Waals surface area contributed by atoms with E-state index in [1.165, 1.54) is 5.56 Å². The molecule has 0 spiro atoms. The first-order chi connectivity index (χ1) is 13.0. The van der Waals surface area contributed by atoms with Gasteiger partial charge in [0.05, 0.1) is 6.61 Å². The zero-order valence-corrected chi connectivity index (χ0v) is 17.0. The third-order valence-corrected chi connectivity index (χ3v) is 4.08. The Balaban J connectivity index is 1.76. The molecule has 0 saturated heterocycles. The highest BCUT2D eigenvalue weighted by atomic mass is 16.5.